The number of carbonyl (C=O) groups excluding carboxylic acids is 1. The summed E-state index contributed by atoms with van der Waals surface area (Å²) in [7, 11) is 0. The van der Waals surface area contributed by atoms with E-state index in [9.17, 15) is 4.79 Å². The Hall–Kier alpha value is -1.93. The Kier molecular flexibility index (Phi) is 3.13. The van der Waals surface area contributed by atoms with Gasteiger partial charge in [-0.05, 0) is 12.0 Å². The van der Waals surface area contributed by atoms with Crippen LogP contribution in [-0.4, -0.2) is 27.9 Å². The molecule has 1 amide bonds. The molecule has 0 saturated carbocycles. The molecule has 1 aromatic carbocycles. The lowest BCUT2D eigenvalue weighted by atomic mass is 10.1. The molecule has 16 heavy (non-hydrogen) atoms. The second-order valence-corrected chi connectivity index (χ2v) is 3.86. The Morgan fingerprint density at radius 3 is 2.75 bits per heavy atom. The molecule has 4 nitrogen and oxygen atoms in total. The first-order valence-electron chi connectivity index (χ1n) is 5.35. The van der Waals surface area contributed by atoms with E-state index in [1.54, 1.807) is 4.90 Å². The van der Waals surface area contributed by atoms with Crippen molar-refractivity contribution in [3.8, 4) is 0 Å². The number of benzene rings is 1. The van der Waals surface area contributed by atoms with Crippen molar-refractivity contribution in [3.63, 3.8) is 0 Å². The first-order chi connectivity index (χ1) is 7.81. The number of hydrogen-bond acceptors (Lipinski definition) is 1. The summed E-state index contributed by atoms with van der Waals surface area (Å²) in [5.41, 5.74) is 10.0. The standard InChI is InChI=1S/C12H13N3O/c13-14-11-7-4-8-15(12(11)16)9-10-5-2-1-3-6-10/h1-3,5-6H,4,7-9H2. The van der Waals surface area contributed by atoms with Gasteiger partial charge in [-0.25, -0.2) is 0 Å². The van der Waals surface area contributed by atoms with Gasteiger partial charge in [0.15, 0.2) is 0 Å². The number of hydrogen-bond donors (Lipinski definition) is 0. The van der Waals surface area contributed by atoms with Gasteiger partial charge in [0.25, 0.3) is 0 Å². The molecule has 1 aliphatic heterocycles. The largest absolute Gasteiger partial charge is 0.361 e. The second kappa shape index (κ2) is 4.73. The van der Waals surface area contributed by atoms with Crippen LogP contribution in [0.25, 0.3) is 5.53 Å². The quantitative estimate of drug-likeness (QED) is 0.544. The fraction of sp³-hybridized carbons (Fsp3) is 0.333. The van der Waals surface area contributed by atoms with Crippen LogP contribution in [0.15, 0.2) is 30.3 Å². The molecule has 0 radical (unpaired) electrons. The highest BCUT2D eigenvalue weighted by molar-refractivity contribution is 6.36. The Morgan fingerprint density at radius 2 is 2.06 bits per heavy atom. The third-order valence-electron chi connectivity index (χ3n) is 2.71. The molecule has 82 valence electrons. The smallest absolute Gasteiger partial charge is 0.356 e. The molecule has 0 bridgehead atoms. The van der Waals surface area contributed by atoms with Gasteiger partial charge in [0.1, 0.15) is 0 Å². The lowest BCUT2D eigenvalue weighted by Gasteiger charge is -2.23. The van der Waals surface area contributed by atoms with Crippen LogP contribution in [-0.2, 0) is 11.3 Å². The predicted octanol–water partition coefficient (Wildman–Crippen LogP) is 1.48. The van der Waals surface area contributed by atoms with Crippen LogP contribution in [0.1, 0.15) is 18.4 Å². The van der Waals surface area contributed by atoms with Gasteiger partial charge in [0.05, 0.1) is 6.42 Å². The summed E-state index contributed by atoms with van der Waals surface area (Å²) < 4.78 is 0. The summed E-state index contributed by atoms with van der Waals surface area (Å²) in [6, 6.07) is 9.81. The zero-order valence-electron chi connectivity index (χ0n) is 8.97. The third kappa shape index (κ3) is 2.18. The van der Waals surface area contributed by atoms with Gasteiger partial charge in [0, 0.05) is 13.1 Å². The number of carbonyl (C=O) groups is 1. The molecule has 1 saturated heterocycles. The fourth-order valence-electron chi connectivity index (χ4n) is 1.88. The van der Waals surface area contributed by atoms with Gasteiger partial charge in [-0.1, -0.05) is 30.3 Å². The number of nitrogens with zero attached hydrogens (tertiary/aromatic N) is 3. The van der Waals surface area contributed by atoms with Gasteiger partial charge in [-0.15, -0.1) is 0 Å². The van der Waals surface area contributed by atoms with Crippen molar-refractivity contribution in [2.75, 3.05) is 6.54 Å². The maximum atomic E-state index is 11.8. The van der Waals surface area contributed by atoms with E-state index in [1.807, 2.05) is 30.3 Å². The SMILES string of the molecule is [N-]=[N+]=C1CCCN(Cc2ccccc2)C1=O. The molecular formula is C12H13N3O. The third-order valence-corrected chi connectivity index (χ3v) is 2.71. The Morgan fingerprint density at radius 1 is 1.31 bits per heavy atom. The van der Waals surface area contributed by atoms with E-state index in [2.05, 4.69) is 4.79 Å². The molecule has 1 aromatic rings. The monoisotopic (exact) mass is 215 g/mol. The molecule has 1 aliphatic rings. The van der Waals surface area contributed by atoms with Crippen molar-refractivity contribution >= 4 is 11.6 Å². The zero-order valence-corrected chi connectivity index (χ0v) is 8.97. The Bertz CT molecular complexity index is 435. The molecule has 0 unspecified atom stereocenters. The van der Waals surface area contributed by atoms with E-state index in [4.69, 9.17) is 5.53 Å². The molecular weight excluding hydrogens is 202 g/mol. The molecule has 0 atom stereocenters. The summed E-state index contributed by atoms with van der Waals surface area (Å²) in [6.07, 6.45) is 1.43. The van der Waals surface area contributed by atoms with Crippen LogP contribution < -0.4 is 0 Å². The van der Waals surface area contributed by atoms with Crippen molar-refractivity contribution in [1.82, 2.24) is 4.90 Å². The van der Waals surface area contributed by atoms with E-state index in [0.717, 1.165) is 18.5 Å². The number of piperidine rings is 1. The molecule has 1 fully saturated rings. The molecule has 2 rings (SSSR count). The van der Waals surface area contributed by atoms with Crippen LogP contribution in [0.2, 0.25) is 0 Å². The maximum absolute atomic E-state index is 11.8. The lowest BCUT2D eigenvalue weighted by molar-refractivity contribution is -0.131. The maximum Gasteiger partial charge on any atom is 0.356 e. The summed E-state index contributed by atoms with van der Waals surface area (Å²) in [5.74, 6) is -0.155. The highest BCUT2D eigenvalue weighted by Crippen LogP contribution is 2.11. The van der Waals surface area contributed by atoms with Crippen LogP contribution >= 0.6 is 0 Å². The Labute approximate surface area is 94.1 Å². The minimum atomic E-state index is -0.155. The first kappa shape index (κ1) is 10.6. The van der Waals surface area contributed by atoms with E-state index in [-0.39, 0.29) is 11.6 Å². The van der Waals surface area contributed by atoms with Crippen LogP contribution in [0.4, 0.5) is 0 Å². The molecule has 0 aromatic heterocycles. The average molecular weight is 215 g/mol. The van der Waals surface area contributed by atoms with Gasteiger partial charge in [0.2, 0.25) is 0 Å². The van der Waals surface area contributed by atoms with Crippen LogP contribution in [0.5, 0.6) is 0 Å². The summed E-state index contributed by atoms with van der Waals surface area (Å²) in [6.45, 7) is 1.31. The number of amides is 1. The highest BCUT2D eigenvalue weighted by atomic mass is 16.2. The fourth-order valence-corrected chi connectivity index (χ4v) is 1.88. The van der Waals surface area contributed by atoms with E-state index >= 15 is 0 Å². The van der Waals surface area contributed by atoms with Gasteiger partial charge in [-0.2, -0.15) is 4.79 Å². The minimum absolute atomic E-state index is 0.155. The van der Waals surface area contributed by atoms with Gasteiger partial charge >= 0.3 is 11.6 Å². The normalized spacial score (nSPS) is 16.1. The topological polar surface area (TPSA) is 56.7 Å². The lowest BCUT2D eigenvalue weighted by Crippen LogP contribution is -2.41. The van der Waals surface area contributed by atoms with Crippen LogP contribution in [0, 0.1) is 0 Å². The molecule has 4 heteroatoms. The van der Waals surface area contributed by atoms with E-state index < -0.39 is 0 Å². The van der Waals surface area contributed by atoms with Gasteiger partial charge < -0.3 is 10.4 Å². The van der Waals surface area contributed by atoms with E-state index in [0.29, 0.717) is 13.0 Å². The number of likely N-dealkylation sites (tertiary alicyclic amines) is 1. The highest BCUT2D eigenvalue weighted by Gasteiger charge is 2.30. The molecule has 1 heterocycles. The average Bonchev–Trinajstić information content (AvgIpc) is 2.33. The van der Waals surface area contributed by atoms with Crippen molar-refractivity contribution in [2.45, 2.75) is 19.4 Å². The molecule has 0 N–H and O–H groups in total. The summed E-state index contributed by atoms with van der Waals surface area (Å²) in [4.78, 5) is 16.6. The second-order valence-electron chi connectivity index (χ2n) is 3.86. The van der Waals surface area contributed by atoms with E-state index in [1.165, 1.54) is 0 Å². The Balaban J connectivity index is 2.11. The van der Waals surface area contributed by atoms with Crippen molar-refractivity contribution < 1.29 is 9.58 Å². The van der Waals surface area contributed by atoms with Crippen molar-refractivity contribution in [3.05, 3.63) is 41.4 Å². The summed E-state index contributed by atoms with van der Waals surface area (Å²) >= 11 is 0. The van der Waals surface area contributed by atoms with Crippen molar-refractivity contribution in [1.29, 1.82) is 0 Å². The minimum Gasteiger partial charge on any atom is -0.361 e. The first-order valence-corrected chi connectivity index (χ1v) is 5.35. The predicted molar refractivity (Wildman–Crippen MR) is 59.7 cm³/mol. The van der Waals surface area contributed by atoms with Crippen LogP contribution in [0.3, 0.4) is 0 Å². The van der Waals surface area contributed by atoms with Gasteiger partial charge in [-0.3, -0.25) is 4.79 Å². The van der Waals surface area contributed by atoms with Crippen molar-refractivity contribution in [2.24, 2.45) is 0 Å². The number of rotatable bonds is 2. The summed E-state index contributed by atoms with van der Waals surface area (Å²) in [5, 5.41) is 0. The zero-order chi connectivity index (χ0) is 11.4. The molecule has 0 aliphatic carbocycles. The molecule has 0 spiro atoms.